The summed E-state index contributed by atoms with van der Waals surface area (Å²) in [5.74, 6) is -3.16. The summed E-state index contributed by atoms with van der Waals surface area (Å²) >= 11 is 4.24. The second-order valence-electron chi connectivity index (χ2n) is 13.2. The summed E-state index contributed by atoms with van der Waals surface area (Å²) in [5, 5.41) is 5.63. The topological polar surface area (TPSA) is 112 Å². The number of ether oxygens (including phenoxy) is 4. The van der Waals surface area contributed by atoms with E-state index in [9.17, 15) is 18.8 Å². The number of halogens is 4. The monoisotopic (exact) mass is 868 g/mol. The normalized spacial score (nSPS) is 23.4. The van der Waals surface area contributed by atoms with Crippen LogP contribution in [0.4, 0.5) is 14.5 Å². The fourth-order valence-electron chi connectivity index (χ4n) is 5.48. The van der Waals surface area contributed by atoms with Gasteiger partial charge in [0.1, 0.15) is 17.2 Å². The summed E-state index contributed by atoms with van der Waals surface area (Å²) in [6, 6.07) is 6.07. The van der Waals surface area contributed by atoms with Gasteiger partial charge in [-0.3, -0.25) is 14.4 Å². The molecule has 0 unspecified atom stereocenters. The van der Waals surface area contributed by atoms with Crippen molar-refractivity contribution in [1.29, 1.82) is 0 Å². The number of alkyl halides is 2. The van der Waals surface area contributed by atoms with Crippen LogP contribution in [-0.2, 0) is 20.5 Å². The molecule has 2 amide bonds. The van der Waals surface area contributed by atoms with Crippen LogP contribution in [0.25, 0.3) is 0 Å². The third-order valence-corrected chi connectivity index (χ3v) is 9.32. The van der Waals surface area contributed by atoms with E-state index in [2.05, 4.69) is 55.8 Å². The molecule has 2 N–H and O–H groups in total. The van der Waals surface area contributed by atoms with Gasteiger partial charge in [-0.1, -0.05) is 45.2 Å². The zero-order valence-corrected chi connectivity index (χ0v) is 31.0. The van der Waals surface area contributed by atoms with Crippen LogP contribution in [0.15, 0.2) is 30.3 Å². The van der Waals surface area contributed by atoms with Crippen LogP contribution >= 0.6 is 45.2 Å². The van der Waals surface area contributed by atoms with E-state index in [1.165, 1.54) is 25.3 Å². The predicted molar refractivity (Wildman–Crippen MR) is 186 cm³/mol. The Balaban J connectivity index is 1.43. The fourth-order valence-corrected chi connectivity index (χ4v) is 6.31. The van der Waals surface area contributed by atoms with Crippen LogP contribution in [0.3, 0.4) is 0 Å². The number of carbonyl (C=O) groups is 3. The molecule has 2 aromatic carbocycles. The highest BCUT2D eigenvalue weighted by atomic mass is 127. The molecular formula is C33H40F2I2N2O7. The first-order valence-electron chi connectivity index (χ1n) is 15.0. The molecule has 0 spiro atoms. The highest BCUT2D eigenvalue weighted by Gasteiger charge is 2.41. The maximum atomic E-state index is 15.1. The zero-order chi connectivity index (χ0) is 34.0. The molecule has 2 fully saturated rings. The Labute approximate surface area is 295 Å². The third kappa shape index (κ3) is 8.99. The molecule has 1 heterocycles. The Bertz CT molecular complexity index is 1470. The predicted octanol–water partition coefficient (Wildman–Crippen LogP) is 7.07. The molecule has 0 bridgehead atoms. The quantitative estimate of drug-likeness (QED) is 0.158. The molecule has 13 heteroatoms. The number of benzene rings is 2. The maximum Gasteiger partial charge on any atom is 0.312 e. The van der Waals surface area contributed by atoms with Crippen molar-refractivity contribution in [2.75, 3.05) is 25.6 Å². The number of rotatable bonds is 9. The Morgan fingerprint density at radius 3 is 2.26 bits per heavy atom. The largest absolute Gasteiger partial charge is 0.496 e. The summed E-state index contributed by atoms with van der Waals surface area (Å²) < 4.78 is 51.4. The molecule has 0 aromatic heterocycles. The van der Waals surface area contributed by atoms with Gasteiger partial charge in [-0.05, 0) is 84.6 Å². The second-order valence-corrected chi connectivity index (χ2v) is 19.5. The molecule has 1 aliphatic heterocycles. The molecule has 0 radical (unpaired) electrons. The van der Waals surface area contributed by atoms with E-state index in [0.29, 0.717) is 36.9 Å². The number of carbonyl (C=O) groups excluding carboxylic acids is 3. The molecule has 1 saturated heterocycles. The number of esters is 1. The SMILES string of the molecule is COc1cc(F)c(OC2CCC(C)(C(=O)OC(C)(C)C)CC2)cc1C(=O)N[C@@H]1COC[C@@H]1C(=O)Nc1ccc(F)c(C(C)(I)I)c1. The minimum Gasteiger partial charge on any atom is -0.496 e. The smallest absolute Gasteiger partial charge is 0.312 e. The highest BCUT2D eigenvalue weighted by Crippen LogP contribution is 2.42. The van der Waals surface area contributed by atoms with Crippen molar-refractivity contribution in [3.05, 3.63) is 53.1 Å². The number of hydrogen-bond donors (Lipinski definition) is 2. The van der Waals surface area contributed by atoms with Crippen molar-refractivity contribution >= 4 is 68.7 Å². The molecule has 2 aromatic rings. The zero-order valence-electron chi connectivity index (χ0n) is 26.7. The summed E-state index contributed by atoms with van der Waals surface area (Å²) in [5.41, 5.74) is -0.359. The lowest BCUT2D eigenvalue weighted by Crippen LogP contribution is -2.44. The van der Waals surface area contributed by atoms with Gasteiger partial charge in [-0.25, -0.2) is 8.78 Å². The van der Waals surface area contributed by atoms with Gasteiger partial charge in [0.05, 0.1) is 50.8 Å². The van der Waals surface area contributed by atoms with E-state index < -0.39 is 42.0 Å². The average Bonchev–Trinajstić information content (AvgIpc) is 3.42. The maximum absolute atomic E-state index is 15.1. The van der Waals surface area contributed by atoms with E-state index in [1.807, 2.05) is 34.6 Å². The first-order chi connectivity index (χ1) is 21.4. The van der Waals surface area contributed by atoms with E-state index in [-0.39, 0.29) is 48.2 Å². The number of methoxy groups -OCH3 is 1. The molecule has 2 aliphatic rings. The molecule has 252 valence electrons. The molecule has 1 aliphatic carbocycles. The van der Waals surface area contributed by atoms with Crippen molar-refractivity contribution < 1.29 is 42.1 Å². The van der Waals surface area contributed by atoms with Crippen molar-refractivity contribution in [1.82, 2.24) is 5.32 Å². The van der Waals surface area contributed by atoms with Gasteiger partial charge in [0.15, 0.2) is 11.6 Å². The first-order valence-corrected chi connectivity index (χ1v) is 17.2. The Hall–Kier alpha value is -2.27. The minimum atomic E-state index is -0.730. The van der Waals surface area contributed by atoms with Gasteiger partial charge < -0.3 is 29.6 Å². The van der Waals surface area contributed by atoms with Crippen LogP contribution in [0.1, 0.15) is 76.2 Å². The molecule has 4 rings (SSSR count). The number of anilines is 1. The first kappa shape index (κ1) is 36.6. The Morgan fingerprint density at radius 2 is 1.65 bits per heavy atom. The second kappa shape index (κ2) is 14.5. The van der Waals surface area contributed by atoms with Gasteiger partial charge in [0.25, 0.3) is 5.91 Å². The molecule has 1 saturated carbocycles. The van der Waals surface area contributed by atoms with Crippen LogP contribution < -0.4 is 20.1 Å². The molecule has 46 heavy (non-hydrogen) atoms. The van der Waals surface area contributed by atoms with E-state index in [1.54, 1.807) is 6.07 Å². The van der Waals surface area contributed by atoms with Crippen molar-refractivity contribution in [2.24, 2.45) is 11.3 Å². The summed E-state index contributed by atoms with van der Waals surface area (Å²) in [7, 11) is 1.33. The van der Waals surface area contributed by atoms with E-state index >= 15 is 4.39 Å². The standard InChI is InChI=1S/C33H40F2I2N2O7/c1-31(2,3)46-30(42)32(4)11-9-19(10-12-32)45-27-14-20(26(43-6)15-24(27)35)28(40)39-25-17-44-16-21(25)29(41)38-18-7-8-23(34)22(13-18)33(5,36)37/h7-8,13-15,19,21,25H,9-12,16-17H2,1-6H3,(H,38,41)(H,39,40)/t19?,21-,25+,32?/m0/s1. The lowest BCUT2D eigenvalue weighted by Gasteiger charge is -2.37. The Kier molecular flexibility index (Phi) is 11.5. The molecular weight excluding hydrogens is 828 g/mol. The Morgan fingerprint density at radius 1 is 0.978 bits per heavy atom. The van der Waals surface area contributed by atoms with Gasteiger partial charge in [-0.2, -0.15) is 0 Å². The van der Waals surface area contributed by atoms with E-state index in [0.717, 1.165) is 6.07 Å². The number of nitrogens with one attached hydrogen (secondary N) is 2. The molecule has 9 nitrogen and oxygen atoms in total. The number of hydrogen-bond acceptors (Lipinski definition) is 7. The highest BCUT2D eigenvalue weighted by molar-refractivity contribution is 14.2. The van der Waals surface area contributed by atoms with Crippen molar-refractivity contribution in [3.63, 3.8) is 0 Å². The summed E-state index contributed by atoms with van der Waals surface area (Å²) in [4.78, 5) is 39.5. The third-order valence-electron chi connectivity index (χ3n) is 8.16. The fraction of sp³-hybridized carbons (Fsp3) is 0.545. The minimum absolute atomic E-state index is 0.00269. The summed E-state index contributed by atoms with van der Waals surface area (Å²) in [6.45, 7) is 9.36. The van der Waals surface area contributed by atoms with Crippen LogP contribution in [0, 0.1) is 23.0 Å². The van der Waals surface area contributed by atoms with Gasteiger partial charge in [0, 0.05) is 17.3 Å². The van der Waals surface area contributed by atoms with Crippen LogP contribution in [0.5, 0.6) is 11.5 Å². The van der Waals surface area contributed by atoms with Gasteiger partial charge >= 0.3 is 5.97 Å². The average molecular weight is 868 g/mol. The molecule has 2 atom stereocenters. The number of amides is 2. The van der Waals surface area contributed by atoms with Crippen molar-refractivity contribution in [2.45, 2.75) is 79.5 Å². The lowest BCUT2D eigenvalue weighted by atomic mass is 9.74. The van der Waals surface area contributed by atoms with Gasteiger partial charge in [0.2, 0.25) is 5.91 Å². The van der Waals surface area contributed by atoms with Crippen molar-refractivity contribution in [3.8, 4) is 11.5 Å². The van der Waals surface area contributed by atoms with E-state index in [4.69, 9.17) is 18.9 Å². The summed E-state index contributed by atoms with van der Waals surface area (Å²) in [6.07, 6.45) is 1.66. The van der Waals surface area contributed by atoms with Crippen LogP contribution in [-0.4, -0.2) is 55.9 Å². The van der Waals surface area contributed by atoms with Crippen LogP contribution in [0.2, 0.25) is 0 Å². The lowest BCUT2D eigenvalue weighted by molar-refractivity contribution is -0.169. The van der Waals surface area contributed by atoms with Gasteiger partial charge in [-0.15, -0.1) is 0 Å².